The van der Waals surface area contributed by atoms with Gasteiger partial charge in [0.1, 0.15) is 5.82 Å². The van der Waals surface area contributed by atoms with Gasteiger partial charge in [0.15, 0.2) is 0 Å². The maximum Gasteiger partial charge on any atom is 0.222 e. The van der Waals surface area contributed by atoms with Gasteiger partial charge >= 0.3 is 0 Å². The van der Waals surface area contributed by atoms with Crippen LogP contribution in [0.2, 0.25) is 0 Å². The van der Waals surface area contributed by atoms with E-state index in [1.54, 1.807) is 25.4 Å². The van der Waals surface area contributed by atoms with Crippen LogP contribution in [0.25, 0.3) is 22.0 Å². The van der Waals surface area contributed by atoms with E-state index in [2.05, 4.69) is 39.9 Å². The predicted octanol–water partition coefficient (Wildman–Crippen LogP) is 6.31. The Labute approximate surface area is 229 Å². The molecule has 0 bridgehead atoms. The Morgan fingerprint density at radius 2 is 1.90 bits per heavy atom. The van der Waals surface area contributed by atoms with E-state index in [4.69, 9.17) is 4.74 Å². The maximum absolute atomic E-state index is 14.1. The highest BCUT2D eigenvalue weighted by Crippen LogP contribution is 2.33. The number of benzene rings is 2. The van der Waals surface area contributed by atoms with Crippen molar-refractivity contribution in [1.82, 2.24) is 14.5 Å². The molecule has 39 heavy (non-hydrogen) atoms. The lowest BCUT2D eigenvalue weighted by atomic mass is 9.94. The van der Waals surface area contributed by atoms with Crippen LogP contribution in [0, 0.1) is 5.82 Å². The summed E-state index contributed by atoms with van der Waals surface area (Å²) >= 11 is 0. The average Bonchev–Trinajstić information content (AvgIpc) is 3.31. The number of aromatic hydroxyl groups is 1. The molecular formula is C32H36FN3O3. The number of likely N-dealkylation sites (tertiary alicyclic amines) is 1. The van der Waals surface area contributed by atoms with Gasteiger partial charge in [-0.25, -0.2) is 9.37 Å². The predicted molar refractivity (Wildman–Crippen MR) is 151 cm³/mol. The average molecular weight is 530 g/mol. The maximum atomic E-state index is 14.1. The zero-order chi connectivity index (χ0) is 27.2. The molecule has 1 fully saturated rings. The minimum atomic E-state index is -0.229. The number of halogens is 1. The number of rotatable bonds is 10. The molecule has 6 nitrogen and oxygen atoms in total. The summed E-state index contributed by atoms with van der Waals surface area (Å²) in [5, 5.41) is 10.4. The smallest absolute Gasteiger partial charge is 0.222 e. The molecule has 0 aliphatic carbocycles. The second-order valence-corrected chi connectivity index (χ2v) is 10.4. The van der Waals surface area contributed by atoms with Gasteiger partial charge in [-0.15, -0.1) is 0 Å². The Balaban J connectivity index is 1.19. The fourth-order valence-corrected chi connectivity index (χ4v) is 5.67. The van der Waals surface area contributed by atoms with Crippen LogP contribution in [-0.2, 0) is 22.5 Å². The molecule has 1 aliphatic heterocycles. The first-order valence-corrected chi connectivity index (χ1v) is 13.8. The third-order valence-corrected chi connectivity index (χ3v) is 7.71. The summed E-state index contributed by atoms with van der Waals surface area (Å²) in [6.45, 7) is 2.92. The van der Waals surface area contributed by atoms with Crippen LogP contribution in [0.3, 0.4) is 0 Å². The Bertz CT molecular complexity index is 1400. The standard InChI is InChI=1S/C32H36FN3O3/c1-39-18-4-17-36-29(19-25-12-14-28(33)20-30(25)36)27-6-3-16-35(22-27)32(38)7-2-5-23-8-10-24(11-9-23)26-13-15-31(37)34-21-26/h8-15,19-21,27H,2-7,16-18,22H2,1H3,(H,34,37). The second-order valence-electron chi connectivity index (χ2n) is 10.4. The van der Waals surface area contributed by atoms with E-state index < -0.39 is 0 Å². The van der Waals surface area contributed by atoms with E-state index in [1.807, 2.05) is 17.0 Å². The summed E-state index contributed by atoms with van der Waals surface area (Å²) in [5.41, 5.74) is 5.30. The monoisotopic (exact) mass is 529 g/mol. The molecule has 0 saturated carbocycles. The zero-order valence-electron chi connectivity index (χ0n) is 22.5. The van der Waals surface area contributed by atoms with Gasteiger partial charge in [0, 0.05) is 74.6 Å². The van der Waals surface area contributed by atoms with Gasteiger partial charge in [-0.05, 0) is 73.6 Å². The van der Waals surface area contributed by atoms with Crippen molar-refractivity contribution in [3.05, 3.63) is 83.9 Å². The minimum Gasteiger partial charge on any atom is -0.493 e. The van der Waals surface area contributed by atoms with Crippen molar-refractivity contribution < 1.29 is 19.0 Å². The van der Waals surface area contributed by atoms with Gasteiger partial charge in [-0.1, -0.05) is 24.3 Å². The highest BCUT2D eigenvalue weighted by atomic mass is 19.1. The molecule has 1 atom stereocenters. The Kier molecular flexibility index (Phi) is 8.57. The number of ether oxygens (including phenoxy) is 1. The lowest BCUT2D eigenvalue weighted by molar-refractivity contribution is -0.132. The summed E-state index contributed by atoms with van der Waals surface area (Å²) in [6, 6.07) is 18.9. The molecule has 4 aromatic rings. The molecule has 204 valence electrons. The van der Waals surface area contributed by atoms with Crippen molar-refractivity contribution in [3.8, 4) is 17.0 Å². The molecule has 0 spiro atoms. The molecule has 7 heteroatoms. The number of hydrogen-bond donors (Lipinski definition) is 1. The summed E-state index contributed by atoms with van der Waals surface area (Å²) in [7, 11) is 1.70. The van der Waals surface area contributed by atoms with Gasteiger partial charge in [0.25, 0.3) is 0 Å². The molecule has 1 unspecified atom stereocenters. The molecule has 2 aromatic heterocycles. The number of aromatic nitrogens is 2. The number of fused-ring (bicyclic) bond motifs is 1. The fraction of sp³-hybridized carbons (Fsp3) is 0.375. The first-order chi connectivity index (χ1) is 19.0. The van der Waals surface area contributed by atoms with Crippen molar-refractivity contribution in [2.75, 3.05) is 26.8 Å². The van der Waals surface area contributed by atoms with Crippen molar-refractivity contribution in [2.45, 2.75) is 51.0 Å². The number of hydrogen-bond acceptors (Lipinski definition) is 4. The third kappa shape index (κ3) is 6.48. The normalized spacial score (nSPS) is 15.6. The molecule has 2 aromatic carbocycles. The van der Waals surface area contributed by atoms with Crippen LogP contribution in [0.4, 0.5) is 4.39 Å². The molecule has 0 radical (unpaired) electrons. The molecule has 1 amide bonds. The molecular weight excluding hydrogens is 493 g/mol. The molecule has 1 saturated heterocycles. The Morgan fingerprint density at radius 3 is 2.67 bits per heavy atom. The van der Waals surface area contributed by atoms with Crippen molar-refractivity contribution in [1.29, 1.82) is 0 Å². The summed E-state index contributed by atoms with van der Waals surface area (Å²) in [4.78, 5) is 19.1. The highest BCUT2D eigenvalue weighted by molar-refractivity contribution is 5.82. The first kappa shape index (κ1) is 26.9. The van der Waals surface area contributed by atoms with Crippen LogP contribution < -0.4 is 0 Å². The molecule has 1 aliphatic rings. The lowest BCUT2D eigenvalue weighted by Gasteiger charge is -2.33. The number of carbonyl (C=O) groups is 1. The summed E-state index contributed by atoms with van der Waals surface area (Å²) < 4.78 is 21.6. The van der Waals surface area contributed by atoms with E-state index in [1.165, 1.54) is 17.3 Å². The van der Waals surface area contributed by atoms with E-state index >= 15 is 0 Å². The number of nitrogens with zero attached hydrogens (tertiary/aromatic N) is 3. The first-order valence-electron chi connectivity index (χ1n) is 13.8. The number of piperidine rings is 1. The van der Waals surface area contributed by atoms with E-state index in [0.717, 1.165) is 67.2 Å². The lowest BCUT2D eigenvalue weighted by Crippen LogP contribution is -2.39. The van der Waals surface area contributed by atoms with Gasteiger partial charge in [-0.2, -0.15) is 0 Å². The number of methoxy groups -OCH3 is 1. The van der Waals surface area contributed by atoms with Gasteiger partial charge in [0.2, 0.25) is 11.8 Å². The molecule has 5 rings (SSSR count). The van der Waals surface area contributed by atoms with Gasteiger partial charge in [-0.3, -0.25) is 4.79 Å². The Hall–Kier alpha value is -3.71. The van der Waals surface area contributed by atoms with Crippen LogP contribution in [0.1, 0.15) is 49.3 Å². The Morgan fingerprint density at radius 1 is 1.08 bits per heavy atom. The fourth-order valence-electron chi connectivity index (χ4n) is 5.67. The minimum absolute atomic E-state index is 0.0138. The van der Waals surface area contributed by atoms with Crippen LogP contribution in [0.5, 0.6) is 5.88 Å². The SMILES string of the molecule is COCCCn1c(C2CCCN(C(=O)CCCc3ccc(-c4ccc(O)nc4)cc3)C2)cc2ccc(F)cc21. The third-order valence-electron chi connectivity index (χ3n) is 7.71. The van der Waals surface area contributed by atoms with E-state index in [9.17, 15) is 14.3 Å². The van der Waals surface area contributed by atoms with Gasteiger partial charge < -0.3 is 19.3 Å². The van der Waals surface area contributed by atoms with Crippen molar-refractivity contribution >= 4 is 16.8 Å². The number of amides is 1. The molecule has 1 N–H and O–H groups in total. The van der Waals surface area contributed by atoms with Crippen LogP contribution in [-0.4, -0.2) is 52.3 Å². The number of pyridine rings is 1. The second kappa shape index (κ2) is 12.4. The van der Waals surface area contributed by atoms with Crippen molar-refractivity contribution in [3.63, 3.8) is 0 Å². The van der Waals surface area contributed by atoms with Crippen LogP contribution in [0.15, 0.2) is 66.9 Å². The van der Waals surface area contributed by atoms with E-state index in [0.29, 0.717) is 19.6 Å². The zero-order valence-corrected chi connectivity index (χ0v) is 22.5. The number of aryl methyl sites for hydroxylation is 2. The number of carbonyl (C=O) groups excluding carboxylic acids is 1. The summed E-state index contributed by atoms with van der Waals surface area (Å²) in [6.07, 6.45) is 6.68. The largest absolute Gasteiger partial charge is 0.493 e. The molecule has 3 heterocycles. The van der Waals surface area contributed by atoms with E-state index in [-0.39, 0.29) is 23.5 Å². The summed E-state index contributed by atoms with van der Waals surface area (Å²) in [5.74, 6) is 0.231. The topological polar surface area (TPSA) is 67.6 Å². The highest BCUT2D eigenvalue weighted by Gasteiger charge is 2.27. The van der Waals surface area contributed by atoms with Crippen LogP contribution >= 0.6 is 0 Å². The van der Waals surface area contributed by atoms with Crippen molar-refractivity contribution in [2.24, 2.45) is 0 Å². The van der Waals surface area contributed by atoms with Gasteiger partial charge in [0.05, 0.1) is 5.52 Å². The quantitative estimate of drug-likeness (QED) is 0.244.